The van der Waals surface area contributed by atoms with E-state index in [1.54, 1.807) is 24.3 Å². The average molecular weight is 322 g/mol. The molecule has 1 N–H and O–H groups in total. The SMILES string of the molecule is Cc1ccc2cc(-c3nccn3C3CCN(C)C3=O)c(=O)[nH]c2c1. The molecule has 6 heteroatoms. The quantitative estimate of drug-likeness (QED) is 0.785. The van der Waals surface area contributed by atoms with Crippen LogP contribution < -0.4 is 5.56 Å². The lowest BCUT2D eigenvalue weighted by Crippen LogP contribution is -2.25. The van der Waals surface area contributed by atoms with Gasteiger partial charge in [-0.3, -0.25) is 9.59 Å². The Morgan fingerprint density at radius 3 is 2.83 bits per heavy atom. The molecular formula is C18H18N4O2. The Kier molecular flexibility index (Phi) is 3.26. The molecule has 1 saturated heterocycles. The molecule has 0 radical (unpaired) electrons. The summed E-state index contributed by atoms with van der Waals surface area (Å²) in [4.78, 5) is 33.8. The maximum atomic E-state index is 12.6. The Bertz CT molecular complexity index is 1000. The van der Waals surface area contributed by atoms with E-state index in [0.29, 0.717) is 17.9 Å². The summed E-state index contributed by atoms with van der Waals surface area (Å²) in [6.07, 6.45) is 4.14. The number of amides is 1. The molecule has 3 aromatic rings. The van der Waals surface area contributed by atoms with Gasteiger partial charge in [0.2, 0.25) is 5.91 Å². The Morgan fingerprint density at radius 1 is 1.25 bits per heavy atom. The van der Waals surface area contributed by atoms with E-state index in [-0.39, 0.29) is 17.5 Å². The molecule has 4 rings (SSSR count). The molecule has 0 saturated carbocycles. The minimum atomic E-state index is -0.291. The highest BCUT2D eigenvalue weighted by molar-refractivity contribution is 5.85. The van der Waals surface area contributed by atoms with Gasteiger partial charge in [-0.05, 0) is 36.4 Å². The molecule has 122 valence electrons. The first kappa shape index (κ1) is 14.7. The van der Waals surface area contributed by atoms with Crippen LogP contribution in [0, 0.1) is 6.92 Å². The van der Waals surface area contributed by atoms with Crippen LogP contribution in [0.1, 0.15) is 18.0 Å². The third-order valence-corrected chi connectivity index (χ3v) is 4.65. The number of aromatic nitrogens is 3. The highest BCUT2D eigenvalue weighted by Gasteiger charge is 2.32. The van der Waals surface area contributed by atoms with Crippen molar-refractivity contribution in [1.82, 2.24) is 19.4 Å². The average Bonchev–Trinajstić information content (AvgIpc) is 3.14. The van der Waals surface area contributed by atoms with Gasteiger partial charge in [0, 0.05) is 31.5 Å². The van der Waals surface area contributed by atoms with E-state index in [1.165, 1.54) is 0 Å². The summed E-state index contributed by atoms with van der Waals surface area (Å²) >= 11 is 0. The van der Waals surface area contributed by atoms with Crippen molar-refractivity contribution in [3.05, 3.63) is 52.6 Å². The molecule has 0 spiro atoms. The summed E-state index contributed by atoms with van der Waals surface area (Å²) in [6.45, 7) is 2.70. The molecule has 24 heavy (non-hydrogen) atoms. The standard InChI is InChI=1S/C18H18N4O2/c1-11-3-4-12-10-13(17(23)20-14(12)9-11)16-19-6-8-22(16)15-5-7-21(2)18(15)24/h3-4,6,8-10,15H,5,7H2,1-2H3,(H,20,23). The van der Waals surface area contributed by atoms with Crippen molar-refractivity contribution in [3.8, 4) is 11.4 Å². The van der Waals surface area contributed by atoms with E-state index in [4.69, 9.17) is 0 Å². The van der Waals surface area contributed by atoms with Crippen LogP contribution in [0.25, 0.3) is 22.3 Å². The molecule has 1 fully saturated rings. The number of pyridine rings is 1. The number of aromatic amines is 1. The number of hydrogen-bond acceptors (Lipinski definition) is 3. The van der Waals surface area contributed by atoms with E-state index in [9.17, 15) is 9.59 Å². The van der Waals surface area contributed by atoms with Crippen LogP contribution in [-0.2, 0) is 4.79 Å². The minimum absolute atomic E-state index is 0.0575. The highest BCUT2D eigenvalue weighted by Crippen LogP contribution is 2.27. The number of likely N-dealkylation sites (N-methyl/N-ethyl adjacent to an activating group) is 1. The van der Waals surface area contributed by atoms with Crippen LogP contribution in [0.3, 0.4) is 0 Å². The van der Waals surface area contributed by atoms with Crippen molar-refractivity contribution in [3.63, 3.8) is 0 Å². The van der Waals surface area contributed by atoms with Gasteiger partial charge in [0.25, 0.3) is 5.56 Å². The van der Waals surface area contributed by atoms with Crippen molar-refractivity contribution in [1.29, 1.82) is 0 Å². The zero-order valence-corrected chi connectivity index (χ0v) is 13.6. The van der Waals surface area contributed by atoms with Crippen molar-refractivity contribution in [2.75, 3.05) is 13.6 Å². The summed E-state index contributed by atoms with van der Waals surface area (Å²) in [5.74, 6) is 0.592. The molecule has 1 amide bonds. The zero-order valence-electron chi connectivity index (χ0n) is 13.6. The van der Waals surface area contributed by atoms with Crippen LogP contribution in [0.4, 0.5) is 0 Å². The van der Waals surface area contributed by atoms with E-state index in [1.807, 2.05) is 35.8 Å². The number of aryl methyl sites for hydroxylation is 1. The molecule has 0 bridgehead atoms. The highest BCUT2D eigenvalue weighted by atomic mass is 16.2. The third kappa shape index (κ3) is 2.22. The Labute approximate surface area is 138 Å². The summed E-state index contributed by atoms with van der Waals surface area (Å²) in [5.41, 5.74) is 2.18. The predicted octanol–water partition coefficient (Wildman–Crippen LogP) is 2.10. The lowest BCUT2D eigenvalue weighted by molar-refractivity contribution is -0.129. The van der Waals surface area contributed by atoms with E-state index in [0.717, 1.165) is 22.9 Å². The summed E-state index contributed by atoms with van der Waals surface area (Å²) in [7, 11) is 1.80. The summed E-state index contributed by atoms with van der Waals surface area (Å²) in [6, 6.07) is 7.48. The van der Waals surface area contributed by atoms with Gasteiger partial charge in [0.05, 0.1) is 5.56 Å². The fourth-order valence-electron chi connectivity index (χ4n) is 3.32. The molecule has 1 aromatic carbocycles. The van der Waals surface area contributed by atoms with Crippen molar-refractivity contribution >= 4 is 16.8 Å². The predicted molar refractivity (Wildman–Crippen MR) is 91.8 cm³/mol. The maximum Gasteiger partial charge on any atom is 0.259 e. The minimum Gasteiger partial charge on any atom is -0.344 e. The van der Waals surface area contributed by atoms with Gasteiger partial charge in [0.15, 0.2) is 0 Å². The van der Waals surface area contributed by atoms with Gasteiger partial charge in [0.1, 0.15) is 11.9 Å². The number of benzene rings is 1. The molecule has 1 unspecified atom stereocenters. The molecule has 1 atom stereocenters. The number of carbonyl (C=O) groups excluding carboxylic acids is 1. The number of nitrogens with zero attached hydrogens (tertiary/aromatic N) is 3. The molecular weight excluding hydrogens is 304 g/mol. The second kappa shape index (κ2) is 5.33. The van der Waals surface area contributed by atoms with Gasteiger partial charge in [-0.1, -0.05) is 12.1 Å². The fraction of sp³-hybridized carbons (Fsp3) is 0.278. The van der Waals surface area contributed by atoms with Crippen molar-refractivity contribution < 1.29 is 4.79 Å². The Hall–Kier alpha value is -2.89. The van der Waals surface area contributed by atoms with Gasteiger partial charge in [-0.15, -0.1) is 0 Å². The lowest BCUT2D eigenvalue weighted by Gasteiger charge is -2.14. The first-order valence-electron chi connectivity index (χ1n) is 7.96. The normalized spacial score (nSPS) is 17.8. The third-order valence-electron chi connectivity index (χ3n) is 4.65. The van der Waals surface area contributed by atoms with Gasteiger partial charge in [-0.2, -0.15) is 0 Å². The monoisotopic (exact) mass is 322 g/mol. The number of carbonyl (C=O) groups is 1. The van der Waals surface area contributed by atoms with Crippen LogP contribution in [0.15, 0.2) is 41.5 Å². The number of rotatable bonds is 2. The van der Waals surface area contributed by atoms with Crippen molar-refractivity contribution in [2.45, 2.75) is 19.4 Å². The summed E-state index contributed by atoms with van der Waals surface area (Å²) < 4.78 is 1.82. The Morgan fingerprint density at radius 2 is 2.08 bits per heavy atom. The number of likely N-dealkylation sites (tertiary alicyclic amines) is 1. The van der Waals surface area contributed by atoms with Crippen LogP contribution in [0.5, 0.6) is 0 Å². The smallest absolute Gasteiger partial charge is 0.259 e. The largest absolute Gasteiger partial charge is 0.344 e. The van der Waals surface area contributed by atoms with E-state index in [2.05, 4.69) is 9.97 Å². The topological polar surface area (TPSA) is 71.0 Å². The van der Waals surface area contributed by atoms with Crippen LogP contribution in [0.2, 0.25) is 0 Å². The summed E-state index contributed by atoms with van der Waals surface area (Å²) in [5, 5.41) is 0.944. The number of hydrogen-bond donors (Lipinski definition) is 1. The molecule has 1 aliphatic heterocycles. The number of imidazole rings is 1. The van der Waals surface area contributed by atoms with Crippen LogP contribution in [-0.4, -0.2) is 38.9 Å². The Balaban J connectivity index is 1.86. The lowest BCUT2D eigenvalue weighted by atomic mass is 10.1. The molecule has 2 aromatic heterocycles. The fourth-order valence-corrected chi connectivity index (χ4v) is 3.32. The first-order valence-corrected chi connectivity index (χ1v) is 7.96. The second-order valence-electron chi connectivity index (χ2n) is 6.33. The number of nitrogens with one attached hydrogen (secondary N) is 1. The van der Waals surface area contributed by atoms with E-state index >= 15 is 0 Å². The van der Waals surface area contributed by atoms with Crippen molar-refractivity contribution in [2.24, 2.45) is 0 Å². The van der Waals surface area contributed by atoms with Crippen LogP contribution >= 0.6 is 0 Å². The number of H-pyrrole nitrogens is 1. The first-order chi connectivity index (χ1) is 11.5. The molecule has 1 aliphatic rings. The van der Waals surface area contributed by atoms with Gasteiger partial charge in [-0.25, -0.2) is 4.98 Å². The van der Waals surface area contributed by atoms with E-state index < -0.39 is 0 Å². The zero-order chi connectivity index (χ0) is 16.8. The van der Waals surface area contributed by atoms with Gasteiger partial charge >= 0.3 is 0 Å². The maximum absolute atomic E-state index is 12.6. The second-order valence-corrected chi connectivity index (χ2v) is 6.33. The number of fused-ring (bicyclic) bond motifs is 1. The molecule has 0 aliphatic carbocycles. The molecule has 6 nitrogen and oxygen atoms in total. The molecule has 3 heterocycles. The van der Waals surface area contributed by atoms with Gasteiger partial charge < -0.3 is 14.5 Å².